The number of halogens is 2. The number of carbonyl (C=O) groups is 9. The van der Waals surface area contributed by atoms with Crippen LogP contribution in [0, 0.1) is 53.3 Å². The number of nitrogens with two attached hydrogens (primary N) is 1. The molecule has 4 fully saturated rings. The third kappa shape index (κ3) is 20.9. The molecule has 12 atom stereocenters. The van der Waals surface area contributed by atoms with Gasteiger partial charge in [-0.2, -0.15) is 0 Å². The number of ketones is 3. The number of nitrogens with one attached hydrogen (secondary N) is 4. The molecule has 4 aromatic carbocycles. The number of benzene rings is 4. The van der Waals surface area contributed by atoms with Gasteiger partial charge in [-0.15, -0.1) is 0 Å². The average molecular weight is 1530 g/mol. The van der Waals surface area contributed by atoms with Crippen LogP contribution in [0.5, 0.6) is 5.75 Å². The summed E-state index contributed by atoms with van der Waals surface area (Å²) >= 11 is 0. The highest BCUT2D eigenvalue weighted by atomic mass is 19.1. The third-order valence-corrected chi connectivity index (χ3v) is 21.8. The topological polar surface area (TPSA) is 325 Å². The quantitative estimate of drug-likeness (QED) is 0.0139. The first-order valence-electron chi connectivity index (χ1n) is 38.1. The molecule has 3 saturated carbocycles. The Bertz CT molecular complexity index is 4010. The summed E-state index contributed by atoms with van der Waals surface area (Å²) in [6.45, 7) is 14.2. The molecule has 594 valence electrons. The normalized spacial score (nSPS) is 24.4. The molecule has 110 heavy (non-hydrogen) atoms. The van der Waals surface area contributed by atoms with Crippen molar-refractivity contribution in [1.82, 2.24) is 21.3 Å². The van der Waals surface area contributed by atoms with Gasteiger partial charge in [0.15, 0.2) is 29.1 Å². The highest BCUT2D eigenvalue weighted by Gasteiger charge is 2.80. The number of alkyl halides is 2. The van der Waals surface area contributed by atoms with Gasteiger partial charge < -0.3 is 74.9 Å². The number of fused-ring (bicyclic) bond motifs is 9. The predicted molar refractivity (Wildman–Crippen MR) is 404 cm³/mol. The Hall–Kier alpha value is -9.07. The number of anilines is 1. The van der Waals surface area contributed by atoms with Crippen LogP contribution in [0.2, 0.25) is 0 Å². The zero-order valence-corrected chi connectivity index (χ0v) is 64.0. The Balaban J connectivity index is 0.000000255. The van der Waals surface area contributed by atoms with Crippen LogP contribution < -0.4 is 36.6 Å². The van der Waals surface area contributed by atoms with Crippen molar-refractivity contribution in [2.24, 2.45) is 40.2 Å². The fraction of sp³-hybridized carbons (Fsp3) is 0.536. The molecule has 0 radical (unpaired) electrons. The number of para-hydroxylation sites is 1. The van der Waals surface area contributed by atoms with Crippen LogP contribution in [0.25, 0.3) is 0 Å². The molecule has 0 unspecified atom stereocenters. The number of Topliss-reactive ketones (excluding diaryl/α,β-unsaturated/α-hetero) is 2. The molecule has 4 aromatic rings. The molecule has 2 heterocycles. The zero-order valence-electron chi connectivity index (χ0n) is 64.0. The molecule has 0 spiro atoms. The minimum Gasteiger partial charge on any atom is -0.486 e. The standard InChI is InChI=1S/C43H60N6O10.C41H46F2O8/c1-31(2)41(37(50)29-34(42(54)45-3)12-8-19-47-43(44)55)48-39(52)18-21-56-23-25-58-27-28-59-26-24-57-22-20-46-38(51)16-17-40(53)49-30-35-11-5-4-9-32(35)14-15-33-10-6-7-13-36(33)49;1-5-6-37-50-35-20-29-30-19-32(42)31-18-27(44)15-16-38(31,3)40(30,43)33(45)21-39(29,4)41(35,51-37)34(46)23-48-28-13-11-25(12-14-28)17-36(47)49-22-26-9-7-24(2)8-10-26/h4-7,9-11,13,31,34,41H,8,12,16-30H2,1-3H3,(H,45,54)(H,46,51)(H,48,52)(H3,44,47,55);7-16,18,29-30,32-33,35,37,45H,5-6,17,19-23H2,1-4H3/t34-,41+;29-,30-,32-,33-,35+,37+,38-,39-,40-,41+/m10/s1. The molecule has 26 heteroatoms. The van der Waals surface area contributed by atoms with E-state index in [1.165, 1.54) is 25.3 Å². The minimum atomic E-state index is -2.28. The van der Waals surface area contributed by atoms with E-state index in [1.54, 1.807) is 36.1 Å². The number of ether oxygens (including phenoxy) is 8. The third-order valence-electron chi connectivity index (χ3n) is 21.8. The number of carbonyl (C=O) groups excluding carboxylic acids is 9. The minimum absolute atomic E-state index is 0.0424. The van der Waals surface area contributed by atoms with Gasteiger partial charge in [-0.25, -0.2) is 13.6 Å². The van der Waals surface area contributed by atoms with Crippen LogP contribution >= 0.6 is 0 Å². The number of urea groups is 1. The predicted octanol–water partition coefficient (Wildman–Crippen LogP) is 8.63. The summed E-state index contributed by atoms with van der Waals surface area (Å²) in [5, 5.41) is 22.4. The molecule has 6 amide bonds. The van der Waals surface area contributed by atoms with Gasteiger partial charge in [0.25, 0.3) is 0 Å². The number of aliphatic hydroxyl groups is 1. The number of allylic oxidation sites excluding steroid dienone is 4. The number of nitrogens with zero attached hydrogens (tertiary/aromatic N) is 1. The van der Waals surface area contributed by atoms with Crippen LogP contribution in [0.15, 0.2) is 121 Å². The van der Waals surface area contributed by atoms with Crippen LogP contribution in [-0.2, 0) is 91.1 Å². The lowest BCUT2D eigenvalue weighted by atomic mass is 9.44. The van der Waals surface area contributed by atoms with Crippen molar-refractivity contribution in [1.29, 1.82) is 0 Å². The Morgan fingerprint density at radius 2 is 1.43 bits per heavy atom. The number of aryl methyl sites for hydroxylation is 1. The molecule has 10 rings (SSSR count). The number of amides is 6. The smallest absolute Gasteiger partial charge is 0.312 e. The summed E-state index contributed by atoms with van der Waals surface area (Å²) < 4.78 is 80.1. The second kappa shape index (κ2) is 39.7. The number of hydrogen-bond donors (Lipinski definition) is 6. The number of primary amides is 1. The van der Waals surface area contributed by atoms with E-state index in [0.29, 0.717) is 84.3 Å². The van der Waals surface area contributed by atoms with Crippen molar-refractivity contribution in [3.05, 3.63) is 154 Å². The summed E-state index contributed by atoms with van der Waals surface area (Å²) in [5.41, 5.74) is 4.74. The van der Waals surface area contributed by atoms with Crippen LogP contribution in [0.3, 0.4) is 0 Å². The summed E-state index contributed by atoms with van der Waals surface area (Å²) in [4.78, 5) is 116. The maximum Gasteiger partial charge on any atom is 0.312 e. The van der Waals surface area contributed by atoms with E-state index in [-0.39, 0.29) is 130 Å². The first-order chi connectivity index (χ1) is 52.7. The van der Waals surface area contributed by atoms with Gasteiger partial charge in [-0.1, -0.05) is 124 Å². The van der Waals surface area contributed by atoms with E-state index in [9.17, 15) is 48.3 Å². The van der Waals surface area contributed by atoms with Crippen molar-refractivity contribution >= 4 is 58.7 Å². The van der Waals surface area contributed by atoms with Gasteiger partial charge in [0, 0.05) is 79.6 Å². The Kier molecular flexibility index (Phi) is 30.7. The largest absolute Gasteiger partial charge is 0.486 e. The number of hydrogen-bond acceptors (Lipinski definition) is 18. The Morgan fingerprint density at radius 3 is 2.11 bits per heavy atom. The lowest BCUT2D eigenvalue weighted by molar-refractivity contribution is -0.234. The van der Waals surface area contributed by atoms with Crippen molar-refractivity contribution < 1.29 is 94.9 Å². The SMILES string of the molecule is CCC[C@@H]1O[C@@H]2C[C@H]3[C@@H]4C[C@H](F)C5=CC(=O)C=C[C@]5(C)[C@@]4(F)[C@@H](O)C[C@]3(C)[C@]2(C(=O)COc2ccc(CC(=O)OCc3ccc(C)cc3)cc2)O1.CNC(=O)[C@H](CCCNC(N)=O)CC(=O)[C@@H](NC(=O)CCOCCOCCOCCOCCNC(=O)CCC(=O)N1Cc2ccccc2C#Cc2ccccc21)C(C)C. The highest BCUT2D eigenvalue weighted by Crippen LogP contribution is 2.72. The molecular formula is C84H106F2N6O18. The maximum atomic E-state index is 17.7. The molecule has 6 aliphatic rings. The van der Waals surface area contributed by atoms with Crippen molar-refractivity contribution in [3.8, 4) is 17.6 Å². The van der Waals surface area contributed by atoms with E-state index < -0.39 is 82.4 Å². The molecule has 2 aliphatic heterocycles. The van der Waals surface area contributed by atoms with Gasteiger partial charge in [-0.3, -0.25) is 38.4 Å². The molecule has 1 saturated heterocycles. The number of rotatable bonds is 38. The van der Waals surface area contributed by atoms with Gasteiger partial charge in [0.1, 0.15) is 25.1 Å². The van der Waals surface area contributed by atoms with E-state index in [1.807, 2.05) is 107 Å². The van der Waals surface area contributed by atoms with Crippen molar-refractivity contribution in [2.45, 2.75) is 174 Å². The first-order valence-corrected chi connectivity index (χ1v) is 38.1. The Labute approximate surface area is 642 Å². The van der Waals surface area contributed by atoms with Crippen LogP contribution in [0.1, 0.15) is 139 Å². The van der Waals surface area contributed by atoms with E-state index in [2.05, 4.69) is 33.1 Å². The Morgan fingerprint density at radius 1 is 0.773 bits per heavy atom. The molecule has 0 aromatic heterocycles. The molecule has 0 bridgehead atoms. The van der Waals surface area contributed by atoms with Crippen LogP contribution in [0.4, 0.5) is 19.3 Å². The van der Waals surface area contributed by atoms with Crippen molar-refractivity contribution in [2.75, 3.05) is 84.5 Å². The fourth-order valence-electron chi connectivity index (χ4n) is 16.1. The summed E-state index contributed by atoms with van der Waals surface area (Å²) in [6.07, 6.45) is 1.49. The molecular weight excluding hydrogens is 1420 g/mol. The van der Waals surface area contributed by atoms with Gasteiger partial charge >= 0.3 is 12.0 Å². The number of aliphatic hydroxyl groups excluding tert-OH is 1. The van der Waals surface area contributed by atoms with Gasteiger partial charge in [-0.05, 0) is 129 Å². The monoisotopic (exact) mass is 1520 g/mol. The van der Waals surface area contributed by atoms with Gasteiger partial charge in [0.2, 0.25) is 29.4 Å². The van der Waals surface area contributed by atoms with Crippen LogP contribution in [-0.4, -0.2) is 180 Å². The highest BCUT2D eigenvalue weighted by molar-refractivity contribution is 6.01. The maximum absolute atomic E-state index is 17.7. The lowest BCUT2D eigenvalue weighted by Gasteiger charge is -2.63. The summed E-state index contributed by atoms with van der Waals surface area (Å²) in [7, 11) is 1.50. The summed E-state index contributed by atoms with van der Waals surface area (Å²) in [6, 6.07) is 28.5. The number of esters is 1. The van der Waals surface area contributed by atoms with E-state index in [0.717, 1.165) is 45.5 Å². The lowest BCUT2D eigenvalue weighted by Crippen LogP contribution is -2.71. The van der Waals surface area contributed by atoms with E-state index >= 15 is 8.78 Å². The first kappa shape index (κ1) is 84.9. The van der Waals surface area contributed by atoms with Crippen molar-refractivity contribution in [3.63, 3.8) is 0 Å². The molecule has 7 N–H and O–H groups in total. The average Bonchev–Trinajstić information content (AvgIpc) is 1.41. The van der Waals surface area contributed by atoms with E-state index in [4.69, 9.17) is 43.6 Å². The molecule has 4 aliphatic carbocycles. The summed E-state index contributed by atoms with van der Waals surface area (Å²) in [5.74, 6) is 2.07. The fourth-order valence-corrected chi connectivity index (χ4v) is 16.1. The second-order valence-corrected chi connectivity index (χ2v) is 29.6. The second-order valence-electron chi connectivity index (χ2n) is 29.6. The zero-order chi connectivity index (χ0) is 79.2. The van der Waals surface area contributed by atoms with Gasteiger partial charge in [0.05, 0.1) is 89.8 Å². The molecule has 24 nitrogen and oxygen atoms in total.